The van der Waals surface area contributed by atoms with Gasteiger partial charge in [-0.3, -0.25) is 0 Å². The van der Waals surface area contributed by atoms with Gasteiger partial charge in [-0.2, -0.15) is 0 Å². The fraction of sp³-hybridized carbons (Fsp3) is 0.611. The van der Waals surface area contributed by atoms with E-state index in [0.717, 1.165) is 30.9 Å². The summed E-state index contributed by atoms with van der Waals surface area (Å²) < 4.78 is 0. The van der Waals surface area contributed by atoms with Crippen molar-refractivity contribution in [1.82, 2.24) is 15.5 Å². The first kappa shape index (κ1) is 17.6. The van der Waals surface area contributed by atoms with Crippen molar-refractivity contribution in [3.05, 3.63) is 29.8 Å². The van der Waals surface area contributed by atoms with Gasteiger partial charge in [0.1, 0.15) is 0 Å². The fourth-order valence-corrected chi connectivity index (χ4v) is 2.92. The number of anilines is 1. The van der Waals surface area contributed by atoms with Crippen LogP contribution in [0, 0.1) is 5.92 Å². The lowest BCUT2D eigenvalue weighted by molar-refractivity contribution is 0.236. The molecular weight excluding hydrogens is 288 g/mol. The molecular formula is C18H30N4O. The standard InChI is InChI=1S/C18H30N4O/c1-14(2)22-9-8-16(13-22)12-20-18(23)19-11-15-6-5-7-17(10-15)21(3)4/h5-7,10,14,16H,8-9,11-13H2,1-4H3,(H2,19,20,23)/t16-/m0/s1. The summed E-state index contributed by atoms with van der Waals surface area (Å²) in [6.07, 6.45) is 1.17. The Morgan fingerprint density at radius 2 is 2.13 bits per heavy atom. The molecule has 1 saturated heterocycles. The van der Waals surface area contributed by atoms with Crippen LogP contribution in [-0.4, -0.2) is 50.7 Å². The maximum atomic E-state index is 12.0. The molecule has 1 heterocycles. The van der Waals surface area contributed by atoms with Crippen molar-refractivity contribution < 1.29 is 4.79 Å². The number of hydrogen-bond acceptors (Lipinski definition) is 3. The number of hydrogen-bond donors (Lipinski definition) is 2. The predicted octanol–water partition coefficient (Wildman–Crippen LogP) is 2.28. The molecule has 2 N–H and O–H groups in total. The SMILES string of the molecule is CC(C)N1CC[C@@H](CNC(=O)NCc2cccc(N(C)C)c2)C1. The topological polar surface area (TPSA) is 47.6 Å². The van der Waals surface area contributed by atoms with E-state index in [-0.39, 0.29) is 6.03 Å². The summed E-state index contributed by atoms with van der Waals surface area (Å²) in [4.78, 5) is 16.5. The zero-order valence-corrected chi connectivity index (χ0v) is 14.8. The third-order valence-electron chi connectivity index (χ3n) is 4.48. The van der Waals surface area contributed by atoms with Crippen molar-refractivity contribution in [3.8, 4) is 0 Å². The number of benzene rings is 1. The second-order valence-electron chi connectivity index (χ2n) is 6.87. The molecule has 0 aromatic heterocycles. The summed E-state index contributed by atoms with van der Waals surface area (Å²) in [6, 6.07) is 8.72. The predicted molar refractivity (Wildman–Crippen MR) is 95.8 cm³/mol. The number of nitrogens with one attached hydrogen (secondary N) is 2. The number of nitrogens with zero attached hydrogens (tertiary/aromatic N) is 2. The van der Waals surface area contributed by atoms with E-state index in [0.29, 0.717) is 18.5 Å². The highest BCUT2D eigenvalue weighted by Crippen LogP contribution is 2.17. The van der Waals surface area contributed by atoms with Gasteiger partial charge in [-0.25, -0.2) is 4.79 Å². The molecule has 23 heavy (non-hydrogen) atoms. The molecule has 0 saturated carbocycles. The first-order chi connectivity index (χ1) is 11.0. The molecule has 5 heteroatoms. The molecule has 1 fully saturated rings. The average molecular weight is 318 g/mol. The number of rotatable bonds is 6. The minimum Gasteiger partial charge on any atom is -0.378 e. The Hall–Kier alpha value is -1.75. The van der Waals surface area contributed by atoms with E-state index in [1.807, 2.05) is 26.2 Å². The van der Waals surface area contributed by atoms with Crippen LogP contribution in [0.2, 0.25) is 0 Å². The number of carbonyl (C=O) groups excluding carboxylic acids is 1. The molecule has 0 radical (unpaired) electrons. The molecule has 0 unspecified atom stereocenters. The van der Waals surface area contributed by atoms with Crippen LogP contribution in [0.3, 0.4) is 0 Å². The van der Waals surface area contributed by atoms with Gasteiger partial charge in [0, 0.05) is 45.5 Å². The molecule has 1 aromatic rings. The van der Waals surface area contributed by atoms with Gasteiger partial charge in [0.25, 0.3) is 0 Å². The number of carbonyl (C=O) groups is 1. The number of amides is 2. The number of likely N-dealkylation sites (tertiary alicyclic amines) is 1. The lowest BCUT2D eigenvalue weighted by atomic mass is 10.1. The van der Waals surface area contributed by atoms with Crippen LogP contribution in [0.1, 0.15) is 25.8 Å². The third kappa shape index (κ3) is 5.43. The maximum absolute atomic E-state index is 12.0. The van der Waals surface area contributed by atoms with Crippen LogP contribution in [0.15, 0.2) is 24.3 Å². The van der Waals surface area contributed by atoms with Crippen LogP contribution >= 0.6 is 0 Å². The van der Waals surface area contributed by atoms with Crippen LogP contribution in [0.5, 0.6) is 0 Å². The summed E-state index contributed by atoms with van der Waals surface area (Å²) in [5.74, 6) is 0.570. The largest absolute Gasteiger partial charge is 0.378 e. The molecule has 128 valence electrons. The maximum Gasteiger partial charge on any atom is 0.315 e. The van der Waals surface area contributed by atoms with Crippen LogP contribution in [0.25, 0.3) is 0 Å². The summed E-state index contributed by atoms with van der Waals surface area (Å²) in [5, 5.41) is 5.95. The van der Waals surface area contributed by atoms with E-state index < -0.39 is 0 Å². The van der Waals surface area contributed by atoms with E-state index in [2.05, 4.69) is 46.4 Å². The minimum absolute atomic E-state index is 0.0803. The summed E-state index contributed by atoms with van der Waals surface area (Å²) in [6.45, 7) is 7.99. The lowest BCUT2D eigenvalue weighted by Crippen LogP contribution is -2.38. The molecule has 5 nitrogen and oxygen atoms in total. The van der Waals surface area contributed by atoms with E-state index in [4.69, 9.17) is 0 Å². The smallest absolute Gasteiger partial charge is 0.315 e. The van der Waals surface area contributed by atoms with Crippen molar-refractivity contribution in [2.75, 3.05) is 38.6 Å². The van der Waals surface area contributed by atoms with E-state index >= 15 is 0 Å². The van der Waals surface area contributed by atoms with Gasteiger partial charge in [-0.1, -0.05) is 12.1 Å². The van der Waals surface area contributed by atoms with E-state index in [9.17, 15) is 4.79 Å². The zero-order chi connectivity index (χ0) is 16.8. The first-order valence-electron chi connectivity index (χ1n) is 8.47. The average Bonchev–Trinajstić information content (AvgIpc) is 3.00. The Balaban J connectivity index is 1.70. The Labute approximate surface area is 140 Å². The Kier molecular flexibility index (Phi) is 6.28. The summed E-state index contributed by atoms with van der Waals surface area (Å²) in [7, 11) is 4.03. The van der Waals surface area contributed by atoms with Gasteiger partial charge in [0.15, 0.2) is 0 Å². The van der Waals surface area contributed by atoms with Crippen molar-refractivity contribution in [2.24, 2.45) is 5.92 Å². The molecule has 0 spiro atoms. The summed E-state index contributed by atoms with van der Waals surface area (Å²) >= 11 is 0. The second kappa shape index (κ2) is 8.20. The molecule has 1 aromatic carbocycles. The van der Waals surface area contributed by atoms with Gasteiger partial charge in [-0.15, -0.1) is 0 Å². The van der Waals surface area contributed by atoms with E-state index in [1.165, 1.54) is 6.42 Å². The highest BCUT2D eigenvalue weighted by Gasteiger charge is 2.24. The molecule has 2 amide bonds. The normalized spacial score (nSPS) is 18.2. The monoisotopic (exact) mass is 318 g/mol. The second-order valence-corrected chi connectivity index (χ2v) is 6.87. The molecule has 1 aliphatic rings. The van der Waals surface area contributed by atoms with Gasteiger partial charge in [0.2, 0.25) is 0 Å². The number of urea groups is 1. The molecule has 1 aliphatic heterocycles. The first-order valence-corrected chi connectivity index (χ1v) is 8.47. The molecule has 2 rings (SSSR count). The van der Waals surface area contributed by atoms with Crippen molar-refractivity contribution in [2.45, 2.75) is 32.9 Å². The van der Waals surface area contributed by atoms with Gasteiger partial charge in [-0.05, 0) is 50.4 Å². The van der Waals surface area contributed by atoms with Crippen LogP contribution in [0.4, 0.5) is 10.5 Å². The van der Waals surface area contributed by atoms with Crippen molar-refractivity contribution in [1.29, 1.82) is 0 Å². The fourth-order valence-electron chi connectivity index (χ4n) is 2.92. The van der Waals surface area contributed by atoms with Crippen molar-refractivity contribution in [3.63, 3.8) is 0 Å². The Morgan fingerprint density at radius 3 is 2.78 bits per heavy atom. The zero-order valence-electron chi connectivity index (χ0n) is 14.8. The third-order valence-corrected chi connectivity index (χ3v) is 4.48. The van der Waals surface area contributed by atoms with E-state index in [1.54, 1.807) is 0 Å². The minimum atomic E-state index is -0.0803. The van der Waals surface area contributed by atoms with Crippen molar-refractivity contribution >= 4 is 11.7 Å². The summed E-state index contributed by atoms with van der Waals surface area (Å²) in [5.41, 5.74) is 2.25. The van der Waals surface area contributed by atoms with Gasteiger partial charge >= 0.3 is 6.03 Å². The molecule has 1 atom stereocenters. The Bertz CT molecular complexity index is 515. The highest BCUT2D eigenvalue weighted by atomic mass is 16.2. The molecule has 0 bridgehead atoms. The lowest BCUT2D eigenvalue weighted by Gasteiger charge is -2.20. The van der Waals surface area contributed by atoms with Crippen LogP contribution in [-0.2, 0) is 6.54 Å². The van der Waals surface area contributed by atoms with Gasteiger partial charge < -0.3 is 20.4 Å². The van der Waals surface area contributed by atoms with Gasteiger partial charge in [0.05, 0.1) is 0 Å². The molecule has 0 aliphatic carbocycles. The van der Waals surface area contributed by atoms with Crippen LogP contribution < -0.4 is 15.5 Å². The Morgan fingerprint density at radius 1 is 1.35 bits per heavy atom. The quantitative estimate of drug-likeness (QED) is 0.846. The highest BCUT2D eigenvalue weighted by molar-refractivity contribution is 5.73.